The van der Waals surface area contributed by atoms with E-state index < -0.39 is 17.7 Å². The van der Waals surface area contributed by atoms with Crippen LogP contribution < -0.4 is 0 Å². The Hall–Kier alpha value is -2.12. The van der Waals surface area contributed by atoms with Crippen molar-refractivity contribution in [2.75, 3.05) is 13.6 Å². The molecule has 0 N–H and O–H groups in total. The maximum absolute atomic E-state index is 14.1. The van der Waals surface area contributed by atoms with Crippen LogP contribution in [-0.2, 0) is 32.1 Å². The van der Waals surface area contributed by atoms with Crippen LogP contribution in [0, 0.1) is 5.82 Å². The number of likely N-dealkylation sites (N-methyl/N-ethyl adjacent to an activating group) is 1. The summed E-state index contributed by atoms with van der Waals surface area (Å²) in [4.78, 5) is 5.71. The molecule has 0 spiro atoms. The lowest BCUT2D eigenvalue weighted by Gasteiger charge is -2.24. The molecule has 28 heavy (non-hydrogen) atoms. The summed E-state index contributed by atoms with van der Waals surface area (Å²) in [5.74, 6) is -0.477. The minimum absolute atomic E-state index is 0.0904. The molecule has 3 nitrogen and oxygen atoms in total. The van der Waals surface area contributed by atoms with Crippen molar-refractivity contribution in [2.24, 2.45) is 0 Å². The molecular formula is C20H18ClF4N3. The van der Waals surface area contributed by atoms with E-state index in [-0.39, 0.29) is 5.02 Å². The number of nitrogens with zero attached hydrogens (tertiary/aromatic N) is 3. The summed E-state index contributed by atoms with van der Waals surface area (Å²) < 4.78 is 54.2. The Morgan fingerprint density at radius 3 is 2.68 bits per heavy atom. The number of halogens is 5. The molecule has 1 aliphatic heterocycles. The predicted octanol–water partition coefficient (Wildman–Crippen LogP) is 5.08. The maximum atomic E-state index is 14.1. The average Bonchev–Trinajstić information content (AvgIpc) is 2.92. The number of hydrogen-bond acceptors (Lipinski definition) is 2. The van der Waals surface area contributed by atoms with Crippen molar-refractivity contribution >= 4 is 22.5 Å². The molecule has 0 fully saturated rings. The minimum atomic E-state index is -4.45. The van der Waals surface area contributed by atoms with E-state index in [4.69, 9.17) is 11.6 Å². The van der Waals surface area contributed by atoms with Gasteiger partial charge in [-0.25, -0.2) is 4.39 Å². The standard InChI is InChI=1S/C20H18ClF4N3/c1-27-6-5-17-14(11-27)13-8-15(21)16(22)9-18(13)28(17)7-4-12-2-3-19(26-10-12)20(23,24)25/h2-3,8-10H,4-7,11H2,1H3. The van der Waals surface area contributed by atoms with Crippen molar-refractivity contribution < 1.29 is 17.6 Å². The highest BCUT2D eigenvalue weighted by molar-refractivity contribution is 6.31. The van der Waals surface area contributed by atoms with Crippen LogP contribution in [0.5, 0.6) is 0 Å². The fourth-order valence-electron chi connectivity index (χ4n) is 3.81. The van der Waals surface area contributed by atoms with Gasteiger partial charge in [0.15, 0.2) is 0 Å². The molecular weight excluding hydrogens is 394 g/mol. The molecule has 0 saturated carbocycles. The molecule has 0 atom stereocenters. The fraction of sp³-hybridized carbons (Fsp3) is 0.350. The van der Waals surface area contributed by atoms with Gasteiger partial charge in [-0.1, -0.05) is 17.7 Å². The highest BCUT2D eigenvalue weighted by Gasteiger charge is 2.32. The lowest BCUT2D eigenvalue weighted by atomic mass is 10.0. The number of rotatable bonds is 3. The van der Waals surface area contributed by atoms with E-state index in [1.54, 1.807) is 6.07 Å². The van der Waals surface area contributed by atoms with E-state index in [2.05, 4.69) is 14.5 Å². The first kappa shape index (κ1) is 19.2. The third-order valence-electron chi connectivity index (χ3n) is 5.23. The van der Waals surface area contributed by atoms with E-state index in [0.717, 1.165) is 47.7 Å². The van der Waals surface area contributed by atoms with Crippen LogP contribution in [0.1, 0.15) is 22.5 Å². The van der Waals surface area contributed by atoms with Crippen LogP contribution in [0.2, 0.25) is 5.02 Å². The molecule has 3 aromatic rings. The van der Waals surface area contributed by atoms with Crippen molar-refractivity contribution in [1.82, 2.24) is 14.5 Å². The second kappa shape index (κ2) is 7.04. The number of benzene rings is 1. The van der Waals surface area contributed by atoms with E-state index in [9.17, 15) is 17.6 Å². The summed E-state index contributed by atoms with van der Waals surface area (Å²) in [6.07, 6.45) is -1.87. The van der Waals surface area contributed by atoms with Crippen LogP contribution in [0.25, 0.3) is 10.9 Å². The van der Waals surface area contributed by atoms with Gasteiger partial charge in [0.05, 0.1) is 10.5 Å². The van der Waals surface area contributed by atoms with Crippen LogP contribution in [0.3, 0.4) is 0 Å². The Bertz CT molecular complexity index is 1020. The SMILES string of the molecule is CN1CCc2c(c3cc(Cl)c(F)cc3n2CCc2ccc(C(F)(F)F)nc2)C1. The van der Waals surface area contributed by atoms with Crippen LogP contribution in [0.15, 0.2) is 30.5 Å². The van der Waals surface area contributed by atoms with E-state index >= 15 is 0 Å². The largest absolute Gasteiger partial charge is 0.433 e. The first-order valence-corrected chi connectivity index (χ1v) is 9.31. The molecule has 0 bridgehead atoms. The summed E-state index contributed by atoms with van der Waals surface area (Å²) in [6, 6.07) is 5.55. The molecule has 0 aliphatic carbocycles. The van der Waals surface area contributed by atoms with Crippen molar-refractivity contribution in [3.05, 3.63) is 63.8 Å². The van der Waals surface area contributed by atoms with E-state index in [1.165, 1.54) is 18.3 Å². The fourth-order valence-corrected chi connectivity index (χ4v) is 3.97. The number of fused-ring (bicyclic) bond motifs is 3. The first-order valence-electron chi connectivity index (χ1n) is 8.93. The van der Waals surface area contributed by atoms with Gasteiger partial charge < -0.3 is 9.47 Å². The lowest BCUT2D eigenvalue weighted by Crippen LogP contribution is -2.27. The molecule has 1 aliphatic rings. The molecule has 8 heteroatoms. The van der Waals surface area contributed by atoms with Crippen LogP contribution >= 0.6 is 11.6 Å². The third kappa shape index (κ3) is 3.49. The third-order valence-corrected chi connectivity index (χ3v) is 5.52. The Kier molecular flexibility index (Phi) is 4.83. The van der Waals surface area contributed by atoms with Crippen LogP contribution in [-0.4, -0.2) is 28.0 Å². The summed E-state index contributed by atoms with van der Waals surface area (Å²) in [5, 5.41) is 1.02. The molecule has 0 unspecified atom stereocenters. The second-order valence-electron chi connectivity index (χ2n) is 7.15. The van der Waals surface area contributed by atoms with Gasteiger partial charge in [-0.3, -0.25) is 4.98 Å². The zero-order valence-corrected chi connectivity index (χ0v) is 15.9. The predicted molar refractivity (Wildman–Crippen MR) is 99.9 cm³/mol. The molecule has 4 rings (SSSR count). The van der Waals surface area contributed by atoms with E-state index in [1.807, 2.05) is 7.05 Å². The first-order chi connectivity index (χ1) is 13.2. The van der Waals surface area contributed by atoms with Crippen molar-refractivity contribution in [1.29, 1.82) is 0 Å². The molecule has 0 amide bonds. The zero-order chi connectivity index (χ0) is 20.1. The highest BCUT2D eigenvalue weighted by atomic mass is 35.5. The van der Waals surface area contributed by atoms with Gasteiger partial charge in [-0.05, 0) is 42.8 Å². The highest BCUT2D eigenvalue weighted by Crippen LogP contribution is 2.34. The molecule has 0 saturated heterocycles. The summed E-state index contributed by atoms with van der Waals surface area (Å²) in [6.45, 7) is 2.17. The Morgan fingerprint density at radius 2 is 2.00 bits per heavy atom. The zero-order valence-electron chi connectivity index (χ0n) is 15.2. The number of aryl methyl sites for hydroxylation is 2. The quantitative estimate of drug-likeness (QED) is 0.560. The number of alkyl halides is 3. The summed E-state index contributed by atoms with van der Waals surface area (Å²) >= 11 is 6.00. The topological polar surface area (TPSA) is 21.1 Å². The maximum Gasteiger partial charge on any atom is 0.433 e. The van der Waals surface area contributed by atoms with E-state index in [0.29, 0.717) is 18.5 Å². The van der Waals surface area contributed by atoms with Crippen LogP contribution in [0.4, 0.5) is 17.6 Å². The smallest absolute Gasteiger partial charge is 0.344 e. The summed E-state index contributed by atoms with van der Waals surface area (Å²) in [7, 11) is 2.03. The van der Waals surface area contributed by atoms with Gasteiger partial charge >= 0.3 is 6.18 Å². The average molecular weight is 412 g/mol. The van der Waals surface area contributed by atoms with Gasteiger partial charge in [0, 0.05) is 43.3 Å². The monoisotopic (exact) mass is 411 g/mol. The second-order valence-corrected chi connectivity index (χ2v) is 7.55. The number of aromatic nitrogens is 2. The molecule has 0 radical (unpaired) electrons. The normalized spacial score (nSPS) is 15.2. The summed E-state index contributed by atoms with van der Waals surface area (Å²) in [5.41, 5.74) is 2.83. The Balaban J connectivity index is 1.68. The van der Waals surface area contributed by atoms with Crippen molar-refractivity contribution in [3.8, 4) is 0 Å². The minimum Gasteiger partial charge on any atom is -0.344 e. The molecule has 148 valence electrons. The van der Waals surface area contributed by atoms with Gasteiger partial charge in [-0.15, -0.1) is 0 Å². The number of hydrogen-bond donors (Lipinski definition) is 0. The molecule has 2 aromatic heterocycles. The molecule has 1 aromatic carbocycles. The number of pyridine rings is 1. The van der Waals surface area contributed by atoms with Gasteiger partial charge in [0.1, 0.15) is 11.5 Å². The van der Waals surface area contributed by atoms with Gasteiger partial charge in [0.2, 0.25) is 0 Å². The Labute approximate surface area is 164 Å². The van der Waals surface area contributed by atoms with Crippen molar-refractivity contribution in [2.45, 2.75) is 32.1 Å². The lowest BCUT2D eigenvalue weighted by molar-refractivity contribution is -0.141. The van der Waals surface area contributed by atoms with Crippen molar-refractivity contribution in [3.63, 3.8) is 0 Å². The molecule has 3 heterocycles. The van der Waals surface area contributed by atoms with Gasteiger partial charge in [-0.2, -0.15) is 13.2 Å². The Morgan fingerprint density at radius 1 is 1.21 bits per heavy atom. The van der Waals surface area contributed by atoms with Gasteiger partial charge in [0.25, 0.3) is 0 Å².